The van der Waals surface area contributed by atoms with Crippen LogP contribution >= 0.6 is 0 Å². The number of carbonyl (C=O) groups excluding carboxylic acids is 1. The van der Waals surface area contributed by atoms with Crippen molar-refractivity contribution in [2.45, 2.75) is 18.6 Å². The fraction of sp³-hybridized carbons (Fsp3) is 0.130. The molecule has 1 amide bonds. The van der Waals surface area contributed by atoms with Crippen LogP contribution in [0.1, 0.15) is 23.6 Å². The minimum atomic E-state index is -1.28. The number of carboxylic acid groups (broad SMARTS) is 1. The molecule has 3 aromatic rings. The Kier molecular flexibility index (Phi) is 5.87. The third-order valence-electron chi connectivity index (χ3n) is 4.58. The van der Waals surface area contributed by atoms with Crippen molar-refractivity contribution >= 4 is 11.9 Å². The molecule has 142 valence electrons. The molecular weight excluding hydrogens is 352 g/mol. The molecule has 0 saturated carbocycles. The molecule has 0 aliphatic carbocycles. The second kappa shape index (κ2) is 8.50. The standard InChI is InChI=1S/C23H22N2O3/c1-17(26)24-21(22(27)28)25-23(18-11-5-2-6-12-18,19-13-7-3-8-14-19)20-15-9-4-10-16-20/h2-16,21,25H,1H3,(H,24,26)(H,27,28). The summed E-state index contributed by atoms with van der Waals surface area (Å²) >= 11 is 0. The van der Waals surface area contributed by atoms with Gasteiger partial charge in [-0.2, -0.15) is 0 Å². The predicted molar refractivity (Wildman–Crippen MR) is 108 cm³/mol. The number of hydrogen-bond acceptors (Lipinski definition) is 3. The van der Waals surface area contributed by atoms with Gasteiger partial charge in [-0.1, -0.05) is 91.0 Å². The highest BCUT2D eigenvalue weighted by atomic mass is 16.4. The third-order valence-corrected chi connectivity index (χ3v) is 4.58. The Morgan fingerprint density at radius 2 is 1.11 bits per heavy atom. The summed E-state index contributed by atoms with van der Waals surface area (Å²) in [5.41, 5.74) is 1.62. The van der Waals surface area contributed by atoms with Gasteiger partial charge in [0.1, 0.15) is 0 Å². The van der Waals surface area contributed by atoms with Crippen LogP contribution in [0.4, 0.5) is 0 Å². The summed E-state index contributed by atoms with van der Waals surface area (Å²) in [5, 5.41) is 15.5. The van der Waals surface area contributed by atoms with Crippen LogP contribution in [0.15, 0.2) is 91.0 Å². The first-order chi connectivity index (χ1) is 13.5. The van der Waals surface area contributed by atoms with Crippen LogP contribution in [-0.4, -0.2) is 23.1 Å². The summed E-state index contributed by atoms with van der Waals surface area (Å²) in [6.45, 7) is 1.30. The van der Waals surface area contributed by atoms with E-state index in [9.17, 15) is 14.7 Å². The van der Waals surface area contributed by atoms with Crippen LogP contribution in [0.3, 0.4) is 0 Å². The normalized spacial score (nSPS) is 12.2. The number of benzene rings is 3. The molecule has 0 bridgehead atoms. The summed E-state index contributed by atoms with van der Waals surface area (Å²) in [4.78, 5) is 23.6. The Balaban J connectivity index is 2.27. The van der Waals surface area contributed by atoms with E-state index in [4.69, 9.17) is 0 Å². The van der Waals surface area contributed by atoms with Crippen molar-refractivity contribution in [3.05, 3.63) is 108 Å². The van der Waals surface area contributed by atoms with E-state index in [0.29, 0.717) is 0 Å². The molecule has 1 unspecified atom stereocenters. The van der Waals surface area contributed by atoms with E-state index >= 15 is 0 Å². The molecule has 0 saturated heterocycles. The van der Waals surface area contributed by atoms with E-state index in [1.165, 1.54) is 6.92 Å². The van der Waals surface area contributed by atoms with Gasteiger partial charge in [-0.25, -0.2) is 4.79 Å². The Morgan fingerprint density at radius 3 is 1.39 bits per heavy atom. The van der Waals surface area contributed by atoms with Gasteiger partial charge in [-0.15, -0.1) is 0 Å². The van der Waals surface area contributed by atoms with Gasteiger partial charge < -0.3 is 10.4 Å². The zero-order valence-corrected chi connectivity index (χ0v) is 15.5. The van der Waals surface area contributed by atoms with Gasteiger partial charge in [0.25, 0.3) is 0 Å². The monoisotopic (exact) mass is 374 g/mol. The van der Waals surface area contributed by atoms with Crippen molar-refractivity contribution in [2.75, 3.05) is 0 Å². The Hall–Kier alpha value is -3.44. The molecule has 0 fully saturated rings. The van der Waals surface area contributed by atoms with Crippen molar-refractivity contribution in [1.29, 1.82) is 0 Å². The maximum absolute atomic E-state index is 11.9. The maximum atomic E-state index is 11.9. The van der Waals surface area contributed by atoms with E-state index in [2.05, 4.69) is 10.6 Å². The molecule has 0 spiro atoms. The molecule has 0 aromatic heterocycles. The summed E-state index contributed by atoms with van der Waals surface area (Å²) in [5.74, 6) is -1.59. The van der Waals surface area contributed by atoms with Crippen LogP contribution in [-0.2, 0) is 15.1 Å². The van der Waals surface area contributed by atoms with Crippen molar-refractivity contribution in [1.82, 2.24) is 10.6 Å². The first-order valence-corrected chi connectivity index (χ1v) is 8.98. The first-order valence-electron chi connectivity index (χ1n) is 8.98. The van der Waals surface area contributed by atoms with E-state index in [1.54, 1.807) is 0 Å². The Labute approximate surface area is 164 Å². The number of hydrogen-bond donors (Lipinski definition) is 3. The van der Waals surface area contributed by atoms with Crippen LogP contribution < -0.4 is 10.6 Å². The number of aliphatic carboxylic acids is 1. The van der Waals surface area contributed by atoms with Crippen molar-refractivity contribution in [3.8, 4) is 0 Å². The summed E-state index contributed by atoms with van der Waals surface area (Å²) in [6.07, 6.45) is -1.28. The molecule has 0 aliphatic rings. The van der Waals surface area contributed by atoms with Gasteiger partial charge in [0.05, 0.1) is 5.54 Å². The van der Waals surface area contributed by atoms with Gasteiger partial charge in [0, 0.05) is 6.92 Å². The smallest absolute Gasteiger partial charge is 0.341 e. The van der Waals surface area contributed by atoms with Crippen LogP contribution in [0.2, 0.25) is 0 Å². The Morgan fingerprint density at radius 1 is 0.750 bits per heavy atom. The quantitative estimate of drug-likeness (QED) is 0.439. The van der Waals surface area contributed by atoms with Crippen LogP contribution in [0, 0.1) is 0 Å². The third kappa shape index (κ3) is 3.94. The van der Waals surface area contributed by atoms with Crippen molar-refractivity contribution in [3.63, 3.8) is 0 Å². The summed E-state index contributed by atoms with van der Waals surface area (Å²) in [6, 6.07) is 28.8. The number of amides is 1. The van der Waals surface area contributed by atoms with E-state index in [0.717, 1.165) is 16.7 Å². The lowest BCUT2D eigenvalue weighted by atomic mass is 9.76. The fourth-order valence-corrected chi connectivity index (χ4v) is 3.39. The molecule has 3 aromatic carbocycles. The fourth-order valence-electron chi connectivity index (χ4n) is 3.39. The second-order valence-corrected chi connectivity index (χ2v) is 6.46. The zero-order valence-electron chi connectivity index (χ0n) is 15.5. The number of rotatable bonds is 7. The van der Waals surface area contributed by atoms with E-state index in [1.807, 2.05) is 91.0 Å². The number of carbonyl (C=O) groups is 2. The Bertz CT molecular complexity index is 831. The minimum Gasteiger partial charge on any atom is -0.479 e. The SMILES string of the molecule is CC(=O)NC(NC(c1ccccc1)(c1ccccc1)c1ccccc1)C(=O)O. The molecular formula is C23H22N2O3. The van der Waals surface area contributed by atoms with Gasteiger partial charge >= 0.3 is 5.97 Å². The minimum absolute atomic E-state index is 0.428. The highest BCUT2D eigenvalue weighted by molar-refractivity contribution is 5.82. The topological polar surface area (TPSA) is 78.4 Å². The van der Waals surface area contributed by atoms with Crippen LogP contribution in [0.5, 0.6) is 0 Å². The van der Waals surface area contributed by atoms with Gasteiger partial charge in [0.2, 0.25) is 5.91 Å². The molecule has 1 atom stereocenters. The highest BCUT2D eigenvalue weighted by Gasteiger charge is 2.40. The molecule has 3 rings (SSSR count). The molecule has 0 heterocycles. The molecule has 28 heavy (non-hydrogen) atoms. The van der Waals surface area contributed by atoms with Crippen LogP contribution in [0.25, 0.3) is 0 Å². The molecule has 3 N–H and O–H groups in total. The average molecular weight is 374 g/mol. The summed E-state index contributed by atoms with van der Waals surface area (Å²) in [7, 11) is 0. The molecule has 0 aliphatic heterocycles. The van der Waals surface area contributed by atoms with Gasteiger partial charge in [-0.3, -0.25) is 10.1 Å². The number of nitrogens with one attached hydrogen (secondary N) is 2. The molecule has 0 radical (unpaired) electrons. The lowest BCUT2D eigenvalue weighted by Gasteiger charge is -2.39. The molecule has 5 heteroatoms. The zero-order chi connectivity index (χ0) is 20.0. The maximum Gasteiger partial charge on any atom is 0.341 e. The molecule has 5 nitrogen and oxygen atoms in total. The number of carboxylic acids is 1. The van der Waals surface area contributed by atoms with Crippen molar-refractivity contribution in [2.24, 2.45) is 0 Å². The highest BCUT2D eigenvalue weighted by Crippen LogP contribution is 2.37. The lowest BCUT2D eigenvalue weighted by Crippen LogP contribution is -2.59. The van der Waals surface area contributed by atoms with Crippen molar-refractivity contribution < 1.29 is 14.7 Å². The van der Waals surface area contributed by atoms with Gasteiger partial charge in [-0.05, 0) is 16.7 Å². The largest absolute Gasteiger partial charge is 0.479 e. The van der Waals surface area contributed by atoms with E-state index < -0.39 is 23.6 Å². The predicted octanol–water partition coefficient (Wildman–Crippen LogP) is 3.11. The van der Waals surface area contributed by atoms with Gasteiger partial charge in [0.15, 0.2) is 6.17 Å². The average Bonchev–Trinajstić information content (AvgIpc) is 2.72. The first kappa shape index (κ1) is 19.3. The lowest BCUT2D eigenvalue weighted by molar-refractivity contribution is -0.143. The van der Waals surface area contributed by atoms with E-state index in [-0.39, 0.29) is 0 Å². The second-order valence-electron chi connectivity index (χ2n) is 6.46. The summed E-state index contributed by atoms with van der Waals surface area (Å²) < 4.78 is 0.